The van der Waals surface area contributed by atoms with Gasteiger partial charge in [0, 0.05) is 0 Å². The first-order valence-corrected chi connectivity index (χ1v) is 4.90. The summed E-state index contributed by atoms with van der Waals surface area (Å²) in [7, 11) is 1.42. The SMILES string of the molecule is C#CCOC1CCCC(C(=O)OC)C1. The van der Waals surface area contributed by atoms with E-state index in [9.17, 15) is 4.79 Å². The fourth-order valence-corrected chi connectivity index (χ4v) is 1.84. The van der Waals surface area contributed by atoms with Crippen molar-refractivity contribution in [2.75, 3.05) is 13.7 Å². The largest absolute Gasteiger partial charge is 0.469 e. The number of ether oxygens (including phenoxy) is 2. The van der Waals surface area contributed by atoms with E-state index in [2.05, 4.69) is 5.92 Å². The van der Waals surface area contributed by atoms with Crippen molar-refractivity contribution in [3.63, 3.8) is 0 Å². The highest BCUT2D eigenvalue weighted by molar-refractivity contribution is 5.72. The van der Waals surface area contributed by atoms with Gasteiger partial charge in [0.2, 0.25) is 0 Å². The van der Waals surface area contributed by atoms with Gasteiger partial charge in [-0.05, 0) is 19.3 Å². The molecule has 0 spiro atoms. The maximum absolute atomic E-state index is 11.3. The molecule has 1 saturated carbocycles. The Balaban J connectivity index is 2.36. The summed E-state index contributed by atoms with van der Waals surface area (Å²) in [5.74, 6) is 2.31. The number of hydrogen-bond acceptors (Lipinski definition) is 3. The lowest BCUT2D eigenvalue weighted by atomic mass is 9.87. The quantitative estimate of drug-likeness (QED) is 0.505. The second kappa shape index (κ2) is 5.66. The topological polar surface area (TPSA) is 35.5 Å². The Kier molecular flexibility index (Phi) is 4.48. The molecule has 0 aromatic heterocycles. The molecule has 0 saturated heterocycles. The molecule has 1 rings (SSSR count). The van der Waals surface area contributed by atoms with Gasteiger partial charge in [0.25, 0.3) is 0 Å². The lowest BCUT2D eigenvalue weighted by Gasteiger charge is -2.26. The van der Waals surface area contributed by atoms with Crippen LogP contribution in [-0.2, 0) is 14.3 Å². The Labute approximate surface area is 84.8 Å². The average molecular weight is 196 g/mol. The third-order valence-corrected chi connectivity index (χ3v) is 2.56. The maximum atomic E-state index is 11.3. The predicted molar refractivity (Wildman–Crippen MR) is 52.5 cm³/mol. The number of methoxy groups -OCH3 is 1. The van der Waals surface area contributed by atoms with E-state index in [1.165, 1.54) is 7.11 Å². The Bertz CT molecular complexity index is 229. The minimum atomic E-state index is -0.126. The summed E-state index contributed by atoms with van der Waals surface area (Å²) < 4.78 is 10.1. The van der Waals surface area contributed by atoms with E-state index in [0.717, 1.165) is 25.7 Å². The van der Waals surface area contributed by atoms with Crippen LogP contribution in [0.5, 0.6) is 0 Å². The van der Waals surface area contributed by atoms with E-state index in [0.29, 0.717) is 6.61 Å². The summed E-state index contributed by atoms with van der Waals surface area (Å²) in [5, 5.41) is 0. The third-order valence-electron chi connectivity index (χ3n) is 2.56. The lowest BCUT2D eigenvalue weighted by Crippen LogP contribution is -2.28. The Hall–Kier alpha value is -1.01. The minimum Gasteiger partial charge on any atom is -0.469 e. The summed E-state index contributed by atoms with van der Waals surface area (Å²) in [6.45, 7) is 0.332. The first-order chi connectivity index (χ1) is 6.77. The summed E-state index contributed by atoms with van der Waals surface area (Å²) in [5.41, 5.74) is 0. The predicted octanol–water partition coefficient (Wildman–Crippen LogP) is 1.37. The number of carbonyl (C=O) groups excluding carboxylic acids is 1. The molecule has 0 N–H and O–H groups in total. The zero-order valence-electron chi connectivity index (χ0n) is 8.49. The van der Waals surface area contributed by atoms with Gasteiger partial charge in [-0.3, -0.25) is 4.79 Å². The van der Waals surface area contributed by atoms with Gasteiger partial charge in [0.15, 0.2) is 0 Å². The lowest BCUT2D eigenvalue weighted by molar-refractivity contribution is -0.148. The van der Waals surface area contributed by atoms with Crippen LogP contribution in [0.4, 0.5) is 0 Å². The van der Waals surface area contributed by atoms with Crippen LogP contribution in [0.25, 0.3) is 0 Å². The van der Waals surface area contributed by atoms with Crippen molar-refractivity contribution < 1.29 is 14.3 Å². The van der Waals surface area contributed by atoms with E-state index in [1.54, 1.807) is 0 Å². The van der Waals surface area contributed by atoms with Crippen LogP contribution in [-0.4, -0.2) is 25.8 Å². The second-order valence-electron chi connectivity index (χ2n) is 3.52. The number of hydrogen-bond donors (Lipinski definition) is 0. The molecule has 2 unspecified atom stereocenters. The van der Waals surface area contributed by atoms with Crippen molar-refractivity contribution in [1.29, 1.82) is 0 Å². The van der Waals surface area contributed by atoms with Gasteiger partial charge < -0.3 is 9.47 Å². The van der Waals surface area contributed by atoms with Gasteiger partial charge in [-0.25, -0.2) is 0 Å². The molecule has 3 nitrogen and oxygen atoms in total. The molecular weight excluding hydrogens is 180 g/mol. The summed E-state index contributed by atoms with van der Waals surface area (Å²) in [6.07, 6.45) is 8.88. The van der Waals surface area contributed by atoms with Gasteiger partial charge in [-0.15, -0.1) is 6.42 Å². The molecule has 0 amide bonds. The Morgan fingerprint density at radius 3 is 3.00 bits per heavy atom. The van der Waals surface area contributed by atoms with Crippen molar-refractivity contribution >= 4 is 5.97 Å². The normalized spacial score (nSPS) is 26.6. The van der Waals surface area contributed by atoms with Crippen LogP contribution >= 0.6 is 0 Å². The highest BCUT2D eigenvalue weighted by Gasteiger charge is 2.28. The van der Waals surface area contributed by atoms with Crippen LogP contribution in [0.1, 0.15) is 25.7 Å². The van der Waals surface area contributed by atoms with Crippen molar-refractivity contribution in [3.05, 3.63) is 0 Å². The first kappa shape index (κ1) is 11.1. The molecule has 0 radical (unpaired) electrons. The van der Waals surface area contributed by atoms with E-state index >= 15 is 0 Å². The van der Waals surface area contributed by atoms with Gasteiger partial charge >= 0.3 is 5.97 Å². The number of rotatable bonds is 3. The zero-order chi connectivity index (χ0) is 10.4. The van der Waals surface area contributed by atoms with E-state index in [4.69, 9.17) is 15.9 Å². The molecule has 1 aliphatic rings. The van der Waals surface area contributed by atoms with Gasteiger partial charge in [0.1, 0.15) is 6.61 Å². The van der Waals surface area contributed by atoms with Crippen molar-refractivity contribution in [2.45, 2.75) is 31.8 Å². The van der Waals surface area contributed by atoms with Crippen LogP contribution in [0.15, 0.2) is 0 Å². The molecule has 0 heterocycles. The van der Waals surface area contributed by atoms with Crippen molar-refractivity contribution in [3.8, 4) is 12.3 Å². The summed E-state index contributed by atoms with van der Waals surface area (Å²) >= 11 is 0. The molecule has 14 heavy (non-hydrogen) atoms. The maximum Gasteiger partial charge on any atom is 0.308 e. The number of terminal acetylenes is 1. The van der Waals surface area contributed by atoms with E-state index in [1.807, 2.05) is 0 Å². The van der Waals surface area contributed by atoms with E-state index < -0.39 is 0 Å². The number of esters is 1. The minimum absolute atomic E-state index is 0.00322. The van der Waals surface area contributed by atoms with Crippen molar-refractivity contribution in [2.24, 2.45) is 5.92 Å². The molecule has 0 aromatic rings. The molecule has 0 aliphatic heterocycles. The van der Waals surface area contributed by atoms with Crippen LogP contribution < -0.4 is 0 Å². The standard InChI is InChI=1S/C11H16O3/c1-3-7-14-10-6-4-5-9(8-10)11(12)13-2/h1,9-10H,4-8H2,2H3. The fraction of sp³-hybridized carbons (Fsp3) is 0.727. The smallest absolute Gasteiger partial charge is 0.308 e. The second-order valence-corrected chi connectivity index (χ2v) is 3.52. The molecule has 3 heteroatoms. The van der Waals surface area contributed by atoms with Gasteiger partial charge in [-0.1, -0.05) is 12.3 Å². The summed E-state index contributed by atoms with van der Waals surface area (Å²) in [4.78, 5) is 11.3. The number of carbonyl (C=O) groups is 1. The Morgan fingerprint density at radius 2 is 2.36 bits per heavy atom. The molecule has 0 aromatic carbocycles. The van der Waals surface area contributed by atoms with Crippen LogP contribution in [0, 0.1) is 18.3 Å². The average Bonchev–Trinajstić information content (AvgIpc) is 2.25. The summed E-state index contributed by atoms with van der Waals surface area (Å²) in [6, 6.07) is 0. The molecule has 1 aliphatic carbocycles. The van der Waals surface area contributed by atoms with Gasteiger partial charge in [0.05, 0.1) is 19.1 Å². The highest BCUT2D eigenvalue weighted by atomic mass is 16.5. The fourth-order valence-electron chi connectivity index (χ4n) is 1.84. The molecule has 0 bridgehead atoms. The van der Waals surface area contributed by atoms with E-state index in [-0.39, 0.29) is 18.0 Å². The van der Waals surface area contributed by atoms with Crippen LogP contribution in [0.3, 0.4) is 0 Å². The molecule has 2 atom stereocenters. The van der Waals surface area contributed by atoms with Crippen molar-refractivity contribution in [1.82, 2.24) is 0 Å². The molecular formula is C11H16O3. The van der Waals surface area contributed by atoms with Crippen LogP contribution in [0.2, 0.25) is 0 Å². The third kappa shape index (κ3) is 3.04. The zero-order valence-corrected chi connectivity index (χ0v) is 8.49. The monoisotopic (exact) mass is 196 g/mol. The first-order valence-electron chi connectivity index (χ1n) is 4.90. The molecule has 78 valence electrons. The van der Waals surface area contributed by atoms with Gasteiger partial charge in [-0.2, -0.15) is 0 Å². The Morgan fingerprint density at radius 1 is 1.57 bits per heavy atom. The molecule has 1 fully saturated rings. The highest BCUT2D eigenvalue weighted by Crippen LogP contribution is 2.26.